The highest BCUT2D eigenvalue weighted by Gasteiger charge is 2.12. The number of halogens is 2. The van der Waals surface area contributed by atoms with Crippen LogP contribution in [0.5, 0.6) is 0 Å². The first-order valence-corrected chi connectivity index (χ1v) is 4.37. The quantitative estimate of drug-likeness (QED) is 0.343. The molecule has 0 radical (unpaired) electrons. The average molecular weight is 221 g/mol. The van der Waals surface area contributed by atoms with E-state index in [2.05, 4.69) is 6.58 Å². The Hall–Kier alpha value is -0.730. The van der Waals surface area contributed by atoms with Gasteiger partial charge >= 0.3 is 0 Å². The van der Waals surface area contributed by atoms with Gasteiger partial charge in [0.25, 0.3) is 0 Å². The number of allylic oxidation sites excluding steroid dienone is 5. The largest absolute Gasteiger partial charge is 0.513 e. The Balaban J connectivity index is 4.24. The molecule has 0 aliphatic heterocycles. The average Bonchev–Trinajstić information content (AvgIpc) is 2.02. The fourth-order valence-electron chi connectivity index (χ4n) is 0.526. The van der Waals surface area contributed by atoms with Crippen molar-refractivity contribution in [2.75, 3.05) is 0 Å². The van der Waals surface area contributed by atoms with Crippen molar-refractivity contribution >= 4 is 29.0 Å². The molecule has 0 amide bonds. The van der Waals surface area contributed by atoms with Crippen LogP contribution in [-0.4, -0.2) is 15.7 Å². The molecule has 72 valence electrons. The zero-order valence-corrected chi connectivity index (χ0v) is 8.64. The van der Waals surface area contributed by atoms with Crippen LogP contribution in [0.1, 0.15) is 6.92 Å². The lowest BCUT2D eigenvalue weighted by molar-refractivity contribution is -0.113. The van der Waals surface area contributed by atoms with Crippen LogP contribution in [0.2, 0.25) is 0 Å². The summed E-state index contributed by atoms with van der Waals surface area (Å²) in [6.07, 6.45) is 4.35. The molecule has 0 atom stereocenters. The minimum atomic E-state index is -1.09. The van der Waals surface area contributed by atoms with E-state index < -0.39 is 10.6 Å². The summed E-state index contributed by atoms with van der Waals surface area (Å²) in [5.74, 6) is -0.298. The van der Waals surface area contributed by atoms with Crippen molar-refractivity contribution in [1.82, 2.24) is 0 Å². The number of hydrogen-bond acceptors (Lipinski definition) is 2. The maximum absolute atomic E-state index is 11.0. The number of carbonyl (C=O) groups is 1. The normalized spacial score (nSPS) is 12.5. The van der Waals surface area contributed by atoms with E-state index in [1.807, 2.05) is 0 Å². The summed E-state index contributed by atoms with van der Waals surface area (Å²) in [6.45, 7) is 4.97. The predicted octanol–water partition coefficient (Wildman–Crippen LogP) is 2.93. The van der Waals surface area contributed by atoms with Crippen LogP contribution >= 0.6 is 23.2 Å². The molecular formula is C9H10Cl2O2. The maximum Gasteiger partial charge on any atom is 0.195 e. The molecule has 0 spiro atoms. The van der Waals surface area contributed by atoms with Crippen LogP contribution in [-0.2, 0) is 4.79 Å². The highest BCUT2D eigenvalue weighted by Crippen LogP contribution is 2.09. The minimum absolute atomic E-state index is 0.143. The zero-order valence-electron chi connectivity index (χ0n) is 7.13. The lowest BCUT2D eigenvalue weighted by atomic mass is 10.2. The number of carbonyl (C=O) groups excluding carboxylic acids is 1. The molecule has 0 saturated heterocycles. The van der Waals surface area contributed by atoms with Crippen molar-refractivity contribution in [2.24, 2.45) is 0 Å². The Kier molecular flexibility index (Phi) is 5.51. The second-order valence-corrected chi connectivity index (χ2v) is 3.45. The molecule has 0 heterocycles. The van der Waals surface area contributed by atoms with Gasteiger partial charge in [0.15, 0.2) is 10.6 Å². The van der Waals surface area contributed by atoms with Gasteiger partial charge in [-0.05, 0) is 13.0 Å². The fourth-order valence-corrected chi connectivity index (χ4v) is 0.806. The summed E-state index contributed by atoms with van der Waals surface area (Å²) in [5.41, 5.74) is 0.201. The van der Waals surface area contributed by atoms with Gasteiger partial charge in [-0.3, -0.25) is 4.79 Å². The molecule has 0 saturated carbocycles. The Morgan fingerprint density at radius 2 is 2.08 bits per heavy atom. The molecule has 0 aromatic carbocycles. The van der Waals surface area contributed by atoms with E-state index in [0.29, 0.717) is 0 Å². The van der Waals surface area contributed by atoms with E-state index in [9.17, 15) is 4.79 Å². The SMILES string of the molecule is C=C(/C=C\C=C(/C)O)C(=O)C(Cl)Cl. The van der Waals surface area contributed by atoms with Crippen LogP contribution in [0.4, 0.5) is 0 Å². The van der Waals surface area contributed by atoms with Crippen LogP contribution < -0.4 is 0 Å². The van der Waals surface area contributed by atoms with Gasteiger partial charge in [-0.25, -0.2) is 0 Å². The molecule has 4 heteroatoms. The molecule has 0 aliphatic carbocycles. The number of hydrogen-bond donors (Lipinski definition) is 1. The van der Waals surface area contributed by atoms with Crippen molar-refractivity contribution in [3.05, 3.63) is 36.1 Å². The van der Waals surface area contributed by atoms with Crippen LogP contribution in [0, 0.1) is 0 Å². The number of ketones is 1. The van der Waals surface area contributed by atoms with Crippen LogP contribution in [0.3, 0.4) is 0 Å². The molecule has 0 aromatic rings. The van der Waals surface area contributed by atoms with E-state index >= 15 is 0 Å². The summed E-state index contributed by atoms with van der Waals surface area (Å²) in [6, 6.07) is 0. The zero-order chi connectivity index (χ0) is 10.4. The minimum Gasteiger partial charge on any atom is -0.513 e. The van der Waals surface area contributed by atoms with Crippen molar-refractivity contribution in [1.29, 1.82) is 0 Å². The van der Waals surface area contributed by atoms with E-state index in [4.69, 9.17) is 28.3 Å². The standard InChI is InChI=1S/C9H10Cl2O2/c1-6(8(13)9(10)11)4-3-5-7(2)12/h3-5,9,12H,1H2,2H3/b4-3-,7-5+. The van der Waals surface area contributed by atoms with Gasteiger partial charge in [0, 0.05) is 5.57 Å². The van der Waals surface area contributed by atoms with E-state index in [1.165, 1.54) is 25.2 Å². The van der Waals surface area contributed by atoms with Gasteiger partial charge in [-0.2, -0.15) is 0 Å². The number of aliphatic hydroxyl groups excluding tert-OH is 1. The van der Waals surface area contributed by atoms with Crippen molar-refractivity contribution in [3.63, 3.8) is 0 Å². The first-order valence-electron chi connectivity index (χ1n) is 3.50. The number of aliphatic hydroxyl groups is 1. The van der Waals surface area contributed by atoms with Crippen LogP contribution in [0.15, 0.2) is 36.1 Å². The van der Waals surface area contributed by atoms with Crippen molar-refractivity contribution < 1.29 is 9.90 Å². The highest BCUT2D eigenvalue weighted by atomic mass is 35.5. The molecule has 0 bridgehead atoms. The molecule has 0 aliphatic rings. The van der Waals surface area contributed by atoms with Gasteiger partial charge < -0.3 is 5.11 Å². The first kappa shape index (κ1) is 12.3. The Labute approximate surface area is 87.2 Å². The molecule has 2 nitrogen and oxygen atoms in total. The predicted molar refractivity (Wildman–Crippen MR) is 55.2 cm³/mol. The molecule has 13 heavy (non-hydrogen) atoms. The van der Waals surface area contributed by atoms with Gasteiger partial charge in [0.05, 0.1) is 5.76 Å². The summed E-state index contributed by atoms with van der Waals surface area (Å²) in [4.78, 5) is 9.93. The number of rotatable bonds is 4. The monoisotopic (exact) mass is 220 g/mol. The lowest BCUT2D eigenvalue weighted by Gasteiger charge is -1.97. The second-order valence-electron chi connectivity index (χ2n) is 2.36. The Bertz CT molecular complexity index is 261. The molecular weight excluding hydrogens is 211 g/mol. The summed E-state index contributed by atoms with van der Waals surface area (Å²) >= 11 is 10.6. The van der Waals surface area contributed by atoms with Crippen LogP contribution in [0.25, 0.3) is 0 Å². The van der Waals surface area contributed by atoms with Gasteiger partial charge in [-0.15, -0.1) is 0 Å². The lowest BCUT2D eigenvalue weighted by Crippen LogP contribution is -2.08. The number of alkyl halides is 2. The van der Waals surface area contributed by atoms with Gasteiger partial charge in [-0.1, -0.05) is 41.9 Å². The molecule has 1 N–H and O–H groups in total. The topological polar surface area (TPSA) is 37.3 Å². The summed E-state index contributed by atoms with van der Waals surface area (Å²) < 4.78 is 0. The van der Waals surface area contributed by atoms with Crippen molar-refractivity contribution in [2.45, 2.75) is 11.8 Å². The summed E-state index contributed by atoms with van der Waals surface area (Å²) in [5, 5.41) is 8.76. The van der Waals surface area contributed by atoms with E-state index in [1.54, 1.807) is 0 Å². The molecule has 0 aromatic heterocycles. The third-order valence-electron chi connectivity index (χ3n) is 1.15. The molecule has 0 rings (SSSR count). The molecule has 0 unspecified atom stereocenters. The summed E-state index contributed by atoms with van der Waals surface area (Å²) in [7, 11) is 0. The van der Waals surface area contributed by atoms with E-state index in [0.717, 1.165) is 0 Å². The third-order valence-corrected chi connectivity index (χ3v) is 1.55. The van der Waals surface area contributed by atoms with Gasteiger partial charge in [0.1, 0.15) is 0 Å². The molecule has 0 fully saturated rings. The van der Waals surface area contributed by atoms with Crippen molar-refractivity contribution in [3.8, 4) is 0 Å². The highest BCUT2D eigenvalue weighted by molar-refractivity contribution is 6.55. The van der Waals surface area contributed by atoms with E-state index in [-0.39, 0.29) is 11.3 Å². The smallest absolute Gasteiger partial charge is 0.195 e. The first-order chi connectivity index (χ1) is 5.95. The third kappa shape index (κ3) is 5.50. The van der Waals surface area contributed by atoms with Gasteiger partial charge in [0.2, 0.25) is 0 Å². The maximum atomic E-state index is 11.0. The second kappa shape index (κ2) is 5.84. The fraction of sp³-hybridized carbons (Fsp3) is 0.222. The Morgan fingerprint density at radius 3 is 2.46 bits per heavy atom. The Morgan fingerprint density at radius 1 is 1.54 bits per heavy atom. The number of Topliss-reactive ketones (excluding diaryl/α,β-unsaturated/α-hetero) is 1.